The summed E-state index contributed by atoms with van der Waals surface area (Å²) in [7, 11) is 1.51. The molecule has 3 rings (SSSR count). The van der Waals surface area contributed by atoms with Crippen molar-refractivity contribution in [2.24, 2.45) is 0 Å². The molecule has 0 aliphatic rings. The summed E-state index contributed by atoms with van der Waals surface area (Å²) < 4.78 is 9.68. The summed E-state index contributed by atoms with van der Waals surface area (Å²) in [6.07, 6.45) is 0. The molecule has 0 heterocycles. The third-order valence-corrected chi connectivity index (χ3v) is 3.58. The van der Waals surface area contributed by atoms with Crippen LogP contribution < -0.4 is 9.47 Å². The highest BCUT2D eigenvalue weighted by Crippen LogP contribution is 2.25. The molecule has 0 aliphatic carbocycles. The van der Waals surface area contributed by atoms with Crippen molar-refractivity contribution in [1.82, 2.24) is 0 Å². The van der Waals surface area contributed by atoms with Crippen LogP contribution in [0.2, 0.25) is 0 Å². The largest absolute Gasteiger partial charge is 0.508 e. The van der Waals surface area contributed by atoms with Gasteiger partial charge in [0, 0.05) is 18.6 Å². The highest BCUT2D eigenvalue weighted by molar-refractivity contribution is 6.10. The van der Waals surface area contributed by atoms with Gasteiger partial charge in [-0.05, 0) is 36.4 Å². The number of hydrogen-bond donors (Lipinski definition) is 2. The average molecular weight is 380 g/mol. The summed E-state index contributed by atoms with van der Waals surface area (Å²) in [5, 5.41) is 18.6. The van der Waals surface area contributed by atoms with E-state index in [2.05, 4.69) is 0 Å². The third-order valence-electron chi connectivity index (χ3n) is 3.58. The Hall–Kier alpha value is -3.80. The van der Waals surface area contributed by atoms with Gasteiger partial charge in [-0.1, -0.05) is 30.3 Å². The van der Waals surface area contributed by atoms with Gasteiger partial charge in [0.2, 0.25) is 0 Å². The zero-order valence-corrected chi connectivity index (χ0v) is 15.5. The molecule has 2 N–H and O–H groups in total. The van der Waals surface area contributed by atoms with Gasteiger partial charge in [0.15, 0.2) is 5.78 Å². The van der Waals surface area contributed by atoms with Gasteiger partial charge in [0.25, 0.3) is 0 Å². The number of carbonyl (C=O) groups excluding carboxylic acids is 2. The first-order valence-corrected chi connectivity index (χ1v) is 8.35. The molecule has 0 spiro atoms. The van der Waals surface area contributed by atoms with E-state index in [0.29, 0.717) is 17.1 Å². The number of ether oxygens (including phenoxy) is 2. The summed E-state index contributed by atoms with van der Waals surface area (Å²) >= 11 is 0. The number of ketones is 1. The fourth-order valence-corrected chi connectivity index (χ4v) is 2.26. The van der Waals surface area contributed by atoms with Crippen LogP contribution >= 0.6 is 0 Å². The van der Waals surface area contributed by atoms with Crippen molar-refractivity contribution in [3.05, 3.63) is 83.9 Å². The Morgan fingerprint density at radius 2 is 1.43 bits per heavy atom. The van der Waals surface area contributed by atoms with E-state index in [9.17, 15) is 14.7 Å². The average Bonchev–Trinajstić information content (AvgIpc) is 2.70. The SMILES string of the molecule is CC(=O)Oc1ccc(O)cc1.COc1ccc(C(=O)c2ccccc2)c(O)c1. The highest BCUT2D eigenvalue weighted by atomic mass is 16.5. The number of hydrogen-bond acceptors (Lipinski definition) is 6. The maximum atomic E-state index is 12.1. The van der Waals surface area contributed by atoms with E-state index in [4.69, 9.17) is 14.6 Å². The molecule has 0 saturated carbocycles. The van der Waals surface area contributed by atoms with Crippen molar-refractivity contribution >= 4 is 11.8 Å². The number of esters is 1. The second-order valence-corrected chi connectivity index (χ2v) is 5.67. The Morgan fingerprint density at radius 3 is 1.96 bits per heavy atom. The maximum absolute atomic E-state index is 12.1. The molecule has 0 unspecified atom stereocenters. The van der Waals surface area contributed by atoms with Gasteiger partial charge in [0.1, 0.15) is 23.0 Å². The normalized spacial score (nSPS) is 9.64. The van der Waals surface area contributed by atoms with Gasteiger partial charge in [0.05, 0.1) is 12.7 Å². The van der Waals surface area contributed by atoms with Crippen LogP contribution in [0, 0.1) is 0 Å². The molecule has 0 amide bonds. The summed E-state index contributed by atoms with van der Waals surface area (Å²) in [6.45, 7) is 1.33. The van der Waals surface area contributed by atoms with E-state index < -0.39 is 0 Å². The number of aromatic hydroxyl groups is 2. The minimum atomic E-state index is -0.365. The van der Waals surface area contributed by atoms with E-state index in [1.54, 1.807) is 36.4 Å². The zero-order valence-electron chi connectivity index (χ0n) is 15.5. The molecular weight excluding hydrogens is 360 g/mol. The standard InChI is InChI=1S/C14H12O3.C8H8O3/c1-17-11-7-8-12(13(15)9-11)14(16)10-5-3-2-4-6-10;1-6(9)11-8-4-2-7(10)3-5-8/h2-9,15H,1H3;2-5,10H,1H3. The first kappa shape index (κ1) is 20.5. The van der Waals surface area contributed by atoms with Crippen LogP contribution in [0.1, 0.15) is 22.8 Å². The summed E-state index contributed by atoms with van der Waals surface area (Å²) in [5.74, 6) is 0.475. The Bertz CT molecular complexity index is 933. The molecule has 0 aromatic heterocycles. The molecule has 6 nitrogen and oxygen atoms in total. The Balaban J connectivity index is 0.000000221. The molecule has 0 bridgehead atoms. The molecule has 0 radical (unpaired) electrons. The lowest BCUT2D eigenvalue weighted by Gasteiger charge is -2.06. The molecule has 0 saturated heterocycles. The lowest BCUT2D eigenvalue weighted by molar-refractivity contribution is -0.131. The van der Waals surface area contributed by atoms with Gasteiger partial charge in [-0.25, -0.2) is 0 Å². The maximum Gasteiger partial charge on any atom is 0.308 e. The molecule has 144 valence electrons. The van der Waals surface area contributed by atoms with E-state index >= 15 is 0 Å². The quantitative estimate of drug-likeness (QED) is 0.404. The molecular formula is C22H20O6. The molecule has 6 heteroatoms. The number of rotatable bonds is 4. The molecule has 3 aromatic carbocycles. The molecule has 0 aliphatic heterocycles. The van der Waals surface area contributed by atoms with Gasteiger partial charge in [-0.2, -0.15) is 0 Å². The molecule has 0 fully saturated rings. The lowest BCUT2D eigenvalue weighted by Crippen LogP contribution is -2.01. The van der Waals surface area contributed by atoms with Crippen molar-refractivity contribution < 1.29 is 29.3 Å². The van der Waals surface area contributed by atoms with Crippen LogP contribution in [0.3, 0.4) is 0 Å². The first-order valence-electron chi connectivity index (χ1n) is 8.35. The van der Waals surface area contributed by atoms with E-state index in [1.807, 2.05) is 6.07 Å². The monoisotopic (exact) mass is 380 g/mol. The first-order chi connectivity index (χ1) is 13.4. The van der Waals surface area contributed by atoms with Gasteiger partial charge < -0.3 is 19.7 Å². The number of carbonyl (C=O) groups is 2. The van der Waals surface area contributed by atoms with E-state index in [-0.39, 0.29) is 28.8 Å². The fraction of sp³-hybridized carbons (Fsp3) is 0.0909. The van der Waals surface area contributed by atoms with Gasteiger partial charge in [-0.15, -0.1) is 0 Å². The lowest BCUT2D eigenvalue weighted by atomic mass is 10.0. The highest BCUT2D eigenvalue weighted by Gasteiger charge is 2.13. The van der Waals surface area contributed by atoms with Crippen LogP contribution in [0.15, 0.2) is 72.8 Å². The van der Waals surface area contributed by atoms with Crippen molar-refractivity contribution in [1.29, 1.82) is 0 Å². The van der Waals surface area contributed by atoms with Crippen molar-refractivity contribution in [2.75, 3.05) is 7.11 Å². The minimum absolute atomic E-state index is 0.0711. The predicted molar refractivity (Wildman–Crippen MR) is 104 cm³/mol. The smallest absolute Gasteiger partial charge is 0.308 e. The molecule has 0 atom stereocenters. The minimum Gasteiger partial charge on any atom is -0.508 e. The van der Waals surface area contributed by atoms with Crippen molar-refractivity contribution in [3.63, 3.8) is 0 Å². The summed E-state index contributed by atoms with van der Waals surface area (Å²) in [5.41, 5.74) is 0.824. The molecule has 3 aromatic rings. The Labute approximate surface area is 162 Å². The van der Waals surface area contributed by atoms with Crippen LogP contribution in [0.5, 0.6) is 23.0 Å². The van der Waals surface area contributed by atoms with E-state index in [1.165, 1.54) is 44.4 Å². The Morgan fingerprint density at radius 1 is 0.821 bits per heavy atom. The topological polar surface area (TPSA) is 93.1 Å². The number of phenols is 2. The van der Waals surface area contributed by atoms with Crippen molar-refractivity contribution in [3.8, 4) is 23.0 Å². The zero-order chi connectivity index (χ0) is 20.5. The predicted octanol–water partition coefficient (Wildman–Crippen LogP) is 3.95. The summed E-state index contributed by atoms with van der Waals surface area (Å²) in [6, 6.07) is 19.4. The third kappa shape index (κ3) is 5.88. The number of methoxy groups -OCH3 is 1. The molecule has 28 heavy (non-hydrogen) atoms. The van der Waals surface area contributed by atoms with Crippen LogP contribution in [-0.2, 0) is 4.79 Å². The van der Waals surface area contributed by atoms with Crippen LogP contribution in [-0.4, -0.2) is 29.1 Å². The van der Waals surface area contributed by atoms with Crippen molar-refractivity contribution in [2.45, 2.75) is 6.92 Å². The van der Waals surface area contributed by atoms with Crippen LogP contribution in [0.25, 0.3) is 0 Å². The summed E-state index contributed by atoms with van der Waals surface area (Å²) in [4.78, 5) is 22.5. The number of benzene rings is 3. The van der Waals surface area contributed by atoms with Gasteiger partial charge >= 0.3 is 5.97 Å². The second kappa shape index (κ2) is 9.78. The van der Waals surface area contributed by atoms with Gasteiger partial charge in [-0.3, -0.25) is 9.59 Å². The van der Waals surface area contributed by atoms with Crippen LogP contribution in [0.4, 0.5) is 0 Å². The second-order valence-electron chi connectivity index (χ2n) is 5.67. The number of phenolic OH excluding ortho intramolecular Hbond substituents is 2. The van der Waals surface area contributed by atoms with E-state index in [0.717, 1.165) is 0 Å². The fourth-order valence-electron chi connectivity index (χ4n) is 2.26. The Kier molecular flexibility index (Phi) is 7.16.